The summed E-state index contributed by atoms with van der Waals surface area (Å²) in [5.74, 6) is 3.70. The first kappa shape index (κ1) is 19.6. The lowest BCUT2D eigenvalue weighted by Crippen LogP contribution is -2.04. The Hall–Kier alpha value is -3.66. The minimum atomic E-state index is 0.636. The van der Waals surface area contributed by atoms with E-state index in [9.17, 15) is 0 Å². The van der Waals surface area contributed by atoms with Crippen molar-refractivity contribution in [2.45, 2.75) is 6.92 Å². The van der Waals surface area contributed by atoms with E-state index in [4.69, 9.17) is 18.9 Å². The molecule has 1 aliphatic rings. The fourth-order valence-corrected chi connectivity index (χ4v) is 3.40. The van der Waals surface area contributed by atoms with Gasteiger partial charge in [0.15, 0.2) is 11.5 Å². The molecular weight excluding hydrogens is 376 g/mol. The topological polar surface area (TPSA) is 36.9 Å². The predicted molar refractivity (Wildman–Crippen MR) is 120 cm³/mol. The molecule has 0 fully saturated rings. The summed E-state index contributed by atoms with van der Waals surface area (Å²) >= 11 is 0. The quantitative estimate of drug-likeness (QED) is 0.499. The van der Waals surface area contributed by atoms with E-state index in [1.54, 1.807) is 14.2 Å². The summed E-state index contributed by atoms with van der Waals surface area (Å²) in [6, 6.07) is 21.9. The zero-order chi connectivity index (χ0) is 20.9. The second-order valence-corrected chi connectivity index (χ2v) is 6.78. The summed E-state index contributed by atoms with van der Waals surface area (Å²) in [6.07, 6.45) is 4.06. The molecule has 4 heteroatoms. The molecule has 4 nitrogen and oxygen atoms in total. The average Bonchev–Trinajstić information content (AvgIpc) is 2.79. The Morgan fingerprint density at radius 1 is 0.867 bits per heavy atom. The van der Waals surface area contributed by atoms with Gasteiger partial charge < -0.3 is 18.9 Å². The van der Waals surface area contributed by atoms with Crippen LogP contribution in [-0.4, -0.2) is 20.8 Å². The van der Waals surface area contributed by atoms with E-state index in [0.29, 0.717) is 18.1 Å². The molecule has 0 saturated carbocycles. The maximum atomic E-state index is 6.36. The fraction of sp³-hybridized carbons (Fsp3) is 0.154. The van der Waals surface area contributed by atoms with Gasteiger partial charge in [-0.15, -0.1) is 0 Å². The second-order valence-electron chi connectivity index (χ2n) is 6.78. The van der Waals surface area contributed by atoms with Crippen molar-refractivity contribution in [3.8, 4) is 17.2 Å². The molecule has 1 heterocycles. The summed E-state index contributed by atoms with van der Waals surface area (Å²) < 4.78 is 22.9. The van der Waals surface area contributed by atoms with Crippen LogP contribution in [0, 0.1) is 0 Å². The molecule has 30 heavy (non-hydrogen) atoms. The lowest BCUT2D eigenvalue weighted by Gasteiger charge is -2.23. The first-order valence-electron chi connectivity index (χ1n) is 9.87. The monoisotopic (exact) mass is 400 g/mol. The van der Waals surface area contributed by atoms with Gasteiger partial charge in [-0.05, 0) is 66.6 Å². The average molecular weight is 400 g/mol. The van der Waals surface area contributed by atoms with E-state index in [1.165, 1.54) is 0 Å². The third-order valence-electron chi connectivity index (χ3n) is 4.87. The van der Waals surface area contributed by atoms with E-state index in [0.717, 1.165) is 39.5 Å². The van der Waals surface area contributed by atoms with Crippen LogP contribution in [0.2, 0.25) is 0 Å². The van der Waals surface area contributed by atoms with Gasteiger partial charge in [-0.25, -0.2) is 0 Å². The molecule has 0 radical (unpaired) electrons. The molecule has 3 aromatic rings. The lowest BCUT2D eigenvalue weighted by molar-refractivity contribution is 0.340. The first-order valence-corrected chi connectivity index (χ1v) is 9.87. The largest absolute Gasteiger partial charge is 0.494 e. The van der Waals surface area contributed by atoms with Crippen LogP contribution in [-0.2, 0) is 4.74 Å². The van der Waals surface area contributed by atoms with Gasteiger partial charge in [-0.2, -0.15) is 0 Å². The molecule has 0 bridgehead atoms. The Labute approximate surface area is 177 Å². The molecule has 1 aliphatic heterocycles. The number of rotatable bonds is 6. The molecule has 0 spiro atoms. The second kappa shape index (κ2) is 8.78. The van der Waals surface area contributed by atoms with Crippen LogP contribution in [0.5, 0.6) is 17.2 Å². The number of methoxy groups -OCH3 is 2. The Morgan fingerprint density at radius 2 is 1.57 bits per heavy atom. The number of fused-ring (bicyclic) bond motifs is 1. The van der Waals surface area contributed by atoms with E-state index in [-0.39, 0.29) is 0 Å². The number of ether oxygens (including phenoxy) is 4. The predicted octanol–water partition coefficient (Wildman–Crippen LogP) is 6.13. The van der Waals surface area contributed by atoms with Crippen LogP contribution >= 0.6 is 0 Å². The number of benzene rings is 3. The minimum Gasteiger partial charge on any atom is -0.494 e. The van der Waals surface area contributed by atoms with Gasteiger partial charge in [0.25, 0.3) is 0 Å². The highest BCUT2D eigenvalue weighted by atomic mass is 16.5. The van der Waals surface area contributed by atoms with Gasteiger partial charge in [-0.3, -0.25) is 0 Å². The van der Waals surface area contributed by atoms with Gasteiger partial charge in [0.05, 0.1) is 20.8 Å². The van der Waals surface area contributed by atoms with Crippen LogP contribution in [0.15, 0.2) is 66.7 Å². The van der Waals surface area contributed by atoms with Gasteiger partial charge in [0.2, 0.25) is 0 Å². The van der Waals surface area contributed by atoms with E-state index in [1.807, 2.05) is 85.8 Å². The van der Waals surface area contributed by atoms with E-state index >= 15 is 0 Å². The summed E-state index contributed by atoms with van der Waals surface area (Å²) in [4.78, 5) is 0. The SMILES string of the molecule is CCOc1ccc(C2=Cc3cc(OC)c(OC)cc3C(=Cc3ccccc3)O2)cc1. The maximum absolute atomic E-state index is 6.36. The van der Waals surface area contributed by atoms with Crippen molar-refractivity contribution in [2.75, 3.05) is 20.8 Å². The van der Waals surface area contributed by atoms with Crippen molar-refractivity contribution in [3.05, 3.63) is 89.0 Å². The normalized spacial score (nSPS) is 13.8. The Morgan fingerprint density at radius 3 is 2.23 bits per heavy atom. The summed E-state index contributed by atoms with van der Waals surface area (Å²) in [5.41, 5.74) is 3.98. The highest BCUT2D eigenvalue weighted by Crippen LogP contribution is 2.41. The van der Waals surface area contributed by atoms with E-state index in [2.05, 4.69) is 0 Å². The van der Waals surface area contributed by atoms with Crippen molar-refractivity contribution in [1.82, 2.24) is 0 Å². The maximum Gasteiger partial charge on any atom is 0.161 e. The molecule has 0 saturated heterocycles. The molecule has 0 aliphatic carbocycles. The van der Waals surface area contributed by atoms with Crippen LogP contribution in [0.25, 0.3) is 23.7 Å². The van der Waals surface area contributed by atoms with Gasteiger partial charge in [0, 0.05) is 11.1 Å². The molecule has 4 rings (SSSR count). The highest BCUT2D eigenvalue weighted by Gasteiger charge is 2.21. The smallest absolute Gasteiger partial charge is 0.161 e. The molecule has 0 unspecified atom stereocenters. The Kier molecular flexibility index (Phi) is 5.75. The van der Waals surface area contributed by atoms with Crippen LogP contribution in [0.1, 0.15) is 29.2 Å². The molecule has 0 amide bonds. The number of hydrogen-bond acceptors (Lipinski definition) is 4. The highest BCUT2D eigenvalue weighted by molar-refractivity contribution is 5.94. The van der Waals surface area contributed by atoms with Gasteiger partial charge >= 0.3 is 0 Å². The third kappa shape index (κ3) is 4.03. The van der Waals surface area contributed by atoms with E-state index < -0.39 is 0 Å². The zero-order valence-electron chi connectivity index (χ0n) is 17.3. The van der Waals surface area contributed by atoms with Crippen molar-refractivity contribution in [1.29, 1.82) is 0 Å². The van der Waals surface area contributed by atoms with Crippen LogP contribution < -0.4 is 14.2 Å². The van der Waals surface area contributed by atoms with Crippen molar-refractivity contribution in [2.24, 2.45) is 0 Å². The van der Waals surface area contributed by atoms with Crippen LogP contribution in [0.3, 0.4) is 0 Å². The summed E-state index contributed by atoms with van der Waals surface area (Å²) in [6.45, 7) is 2.61. The van der Waals surface area contributed by atoms with Crippen LogP contribution in [0.4, 0.5) is 0 Å². The first-order chi connectivity index (χ1) is 14.7. The fourth-order valence-electron chi connectivity index (χ4n) is 3.40. The summed E-state index contributed by atoms with van der Waals surface area (Å²) in [7, 11) is 3.27. The molecule has 0 aromatic heterocycles. The third-order valence-corrected chi connectivity index (χ3v) is 4.87. The van der Waals surface area contributed by atoms with Crippen molar-refractivity contribution >= 4 is 23.7 Å². The zero-order valence-corrected chi connectivity index (χ0v) is 17.3. The summed E-state index contributed by atoms with van der Waals surface area (Å²) in [5, 5.41) is 0. The molecule has 0 atom stereocenters. The van der Waals surface area contributed by atoms with Crippen molar-refractivity contribution < 1.29 is 18.9 Å². The number of hydrogen-bond donors (Lipinski definition) is 0. The van der Waals surface area contributed by atoms with Gasteiger partial charge in [0.1, 0.15) is 17.3 Å². The minimum absolute atomic E-state index is 0.636. The molecule has 152 valence electrons. The lowest BCUT2D eigenvalue weighted by atomic mass is 9.98. The Bertz CT molecular complexity index is 1080. The van der Waals surface area contributed by atoms with Gasteiger partial charge in [-0.1, -0.05) is 30.3 Å². The molecular formula is C26H24O4. The molecule has 3 aromatic carbocycles. The Balaban J connectivity index is 1.82. The standard InChI is InChI=1S/C26H24O4/c1-4-29-21-12-10-19(11-13-21)23-15-20-16-25(27-2)26(28-3)17-22(20)24(30-23)14-18-8-6-5-7-9-18/h5-17H,4H2,1-3H3. The van der Waals surface area contributed by atoms with Crippen molar-refractivity contribution in [3.63, 3.8) is 0 Å². The molecule has 0 N–H and O–H groups in total.